The van der Waals surface area contributed by atoms with Gasteiger partial charge < -0.3 is 10.6 Å². The van der Waals surface area contributed by atoms with E-state index in [2.05, 4.69) is 27.5 Å². The number of carbonyl (C=O) groups excluding carboxylic acids is 1. The fraction of sp³-hybridized carbons (Fsp3) is 0.267. The predicted octanol–water partition coefficient (Wildman–Crippen LogP) is 3.08. The van der Waals surface area contributed by atoms with Crippen molar-refractivity contribution in [1.29, 1.82) is 0 Å². The number of rotatable bonds is 5. The maximum Gasteiger partial charge on any atom is 0.258 e. The minimum absolute atomic E-state index is 0.261. The van der Waals surface area contributed by atoms with Gasteiger partial charge in [0.2, 0.25) is 5.95 Å². The Morgan fingerprint density at radius 2 is 2.05 bits per heavy atom. The van der Waals surface area contributed by atoms with E-state index in [1.807, 2.05) is 6.92 Å². The van der Waals surface area contributed by atoms with Gasteiger partial charge in [-0.15, -0.1) is 0 Å². The summed E-state index contributed by atoms with van der Waals surface area (Å²) in [5.74, 6) is -0.306. The van der Waals surface area contributed by atoms with Gasteiger partial charge in [-0.2, -0.15) is 0 Å². The maximum absolute atomic E-state index is 13.0. The van der Waals surface area contributed by atoms with Crippen molar-refractivity contribution in [2.45, 2.75) is 26.3 Å². The van der Waals surface area contributed by atoms with Crippen LogP contribution in [-0.4, -0.2) is 21.9 Å². The molecule has 1 heterocycles. The first-order chi connectivity index (χ1) is 10.1. The van der Waals surface area contributed by atoms with E-state index < -0.39 is 5.82 Å². The maximum atomic E-state index is 13.0. The molecule has 0 spiro atoms. The van der Waals surface area contributed by atoms with E-state index in [9.17, 15) is 9.18 Å². The van der Waals surface area contributed by atoms with Gasteiger partial charge in [0.05, 0.1) is 5.56 Å². The Bertz CT molecular complexity index is 615. The van der Waals surface area contributed by atoms with Crippen molar-refractivity contribution in [2.24, 2.45) is 0 Å². The third-order valence-corrected chi connectivity index (χ3v) is 2.98. The fourth-order valence-corrected chi connectivity index (χ4v) is 1.61. The van der Waals surface area contributed by atoms with Crippen molar-refractivity contribution in [2.75, 3.05) is 10.6 Å². The molecule has 2 aromatic rings. The lowest BCUT2D eigenvalue weighted by Crippen LogP contribution is -2.17. The average molecular weight is 288 g/mol. The van der Waals surface area contributed by atoms with Crippen LogP contribution >= 0.6 is 0 Å². The van der Waals surface area contributed by atoms with Crippen molar-refractivity contribution in [3.63, 3.8) is 0 Å². The number of hydrogen-bond donors (Lipinski definition) is 2. The molecule has 0 aliphatic carbocycles. The van der Waals surface area contributed by atoms with Crippen molar-refractivity contribution >= 4 is 17.5 Å². The third kappa shape index (κ3) is 4.24. The van der Waals surface area contributed by atoms with E-state index in [-0.39, 0.29) is 11.9 Å². The summed E-state index contributed by atoms with van der Waals surface area (Å²) in [6, 6.07) is 5.96. The van der Waals surface area contributed by atoms with E-state index >= 15 is 0 Å². The Kier molecular flexibility index (Phi) is 4.81. The highest BCUT2D eigenvalue weighted by Gasteiger charge is 2.09. The van der Waals surface area contributed by atoms with Gasteiger partial charge in [0.25, 0.3) is 5.91 Å². The normalized spacial score (nSPS) is 11.8. The van der Waals surface area contributed by atoms with Crippen LogP contribution in [0.1, 0.15) is 30.6 Å². The van der Waals surface area contributed by atoms with Crippen LogP contribution in [0, 0.1) is 5.82 Å². The molecule has 1 unspecified atom stereocenters. The van der Waals surface area contributed by atoms with Crippen molar-refractivity contribution in [3.8, 4) is 0 Å². The summed E-state index contributed by atoms with van der Waals surface area (Å²) >= 11 is 0. The lowest BCUT2D eigenvalue weighted by atomic mass is 10.2. The van der Waals surface area contributed by atoms with E-state index in [1.165, 1.54) is 30.6 Å². The number of nitrogens with zero attached hydrogens (tertiary/aromatic N) is 2. The Balaban J connectivity index is 2.03. The zero-order chi connectivity index (χ0) is 15.2. The highest BCUT2D eigenvalue weighted by Crippen LogP contribution is 2.11. The van der Waals surface area contributed by atoms with Crippen LogP contribution in [0.2, 0.25) is 0 Å². The van der Waals surface area contributed by atoms with Crippen LogP contribution in [0.3, 0.4) is 0 Å². The van der Waals surface area contributed by atoms with E-state index in [4.69, 9.17) is 0 Å². The van der Waals surface area contributed by atoms with E-state index in [0.717, 1.165) is 6.42 Å². The molecule has 0 radical (unpaired) electrons. The number of amides is 1. The molecule has 0 aliphatic heterocycles. The summed E-state index contributed by atoms with van der Waals surface area (Å²) in [6.45, 7) is 4.08. The van der Waals surface area contributed by atoms with Gasteiger partial charge >= 0.3 is 0 Å². The number of carbonyl (C=O) groups is 1. The molecule has 1 aromatic carbocycles. The number of nitrogens with one attached hydrogen (secondary N) is 2. The molecule has 6 heteroatoms. The molecule has 2 N–H and O–H groups in total. The van der Waals surface area contributed by atoms with Crippen molar-refractivity contribution in [3.05, 3.63) is 48.0 Å². The molecule has 0 saturated carbocycles. The molecule has 21 heavy (non-hydrogen) atoms. The summed E-state index contributed by atoms with van der Waals surface area (Å²) in [5.41, 5.74) is 0.704. The first-order valence-electron chi connectivity index (χ1n) is 6.74. The van der Waals surface area contributed by atoms with Gasteiger partial charge in [-0.25, -0.2) is 14.4 Å². The van der Waals surface area contributed by atoms with E-state index in [0.29, 0.717) is 17.2 Å². The lowest BCUT2D eigenvalue weighted by molar-refractivity contribution is 0.102. The smallest absolute Gasteiger partial charge is 0.258 e. The molecule has 0 bridgehead atoms. The van der Waals surface area contributed by atoms with Crippen LogP contribution in [0.15, 0.2) is 36.7 Å². The second-order valence-corrected chi connectivity index (χ2v) is 4.71. The Hall–Kier alpha value is -2.50. The zero-order valence-electron chi connectivity index (χ0n) is 11.9. The molecule has 1 amide bonds. The molecular weight excluding hydrogens is 271 g/mol. The number of hydrogen-bond acceptors (Lipinski definition) is 4. The minimum Gasteiger partial charge on any atom is -0.352 e. The van der Waals surface area contributed by atoms with Crippen LogP contribution in [0.25, 0.3) is 0 Å². The van der Waals surface area contributed by atoms with Crippen molar-refractivity contribution < 1.29 is 9.18 Å². The molecule has 5 nitrogen and oxygen atoms in total. The molecular formula is C15H17FN4O. The van der Waals surface area contributed by atoms with Gasteiger partial charge in [-0.3, -0.25) is 4.79 Å². The largest absolute Gasteiger partial charge is 0.352 e. The second-order valence-electron chi connectivity index (χ2n) is 4.71. The average Bonchev–Trinajstić information content (AvgIpc) is 2.47. The van der Waals surface area contributed by atoms with Crippen LogP contribution < -0.4 is 10.6 Å². The Labute approximate surface area is 122 Å². The highest BCUT2D eigenvalue weighted by molar-refractivity contribution is 6.03. The molecule has 0 aliphatic rings. The van der Waals surface area contributed by atoms with Gasteiger partial charge in [0, 0.05) is 24.1 Å². The number of aromatic nitrogens is 2. The van der Waals surface area contributed by atoms with Crippen LogP contribution in [-0.2, 0) is 0 Å². The summed E-state index contributed by atoms with van der Waals surface area (Å²) in [5, 5.41) is 5.70. The van der Waals surface area contributed by atoms with Gasteiger partial charge in [0.15, 0.2) is 0 Å². The van der Waals surface area contributed by atoms with E-state index in [1.54, 1.807) is 6.07 Å². The fourth-order valence-electron chi connectivity index (χ4n) is 1.61. The molecule has 1 aromatic heterocycles. The second kappa shape index (κ2) is 6.78. The van der Waals surface area contributed by atoms with Crippen LogP contribution in [0.5, 0.6) is 0 Å². The predicted molar refractivity (Wildman–Crippen MR) is 79.8 cm³/mol. The highest BCUT2D eigenvalue weighted by atomic mass is 19.1. The molecule has 0 fully saturated rings. The van der Waals surface area contributed by atoms with Crippen LogP contribution in [0.4, 0.5) is 16.0 Å². The standard InChI is InChI=1S/C15H17FN4O/c1-3-10(2)19-15-17-8-11(9-18-15)14(21)20-13-6-4-5-12(16)7-13/h4-10H,3H2,1-2H3,(H,20,21)(H,17,18,19). The SMILES string of the molecule is CCC(C)Nc1ncc(C(=O)Nc2cccc(F)c2)cn1. The number of benzene rings is 1. The van der Waals surface area contributed by atoms with Gasteiger partial charge in [0.1, 0.15) is 5.82 Å². The number of halogens is 1. The quantitative estimate of drug-likeness (QED) is 0.887. The summed E-state index contributed by atoms with van der Waals surface area (Å²) in [6.07, 6.45) is 3.82. The molecule has 110 valence electrons. The molecule has 0 saturated heterocycles. The Morgan fingerprint density at radius 1 is 1.33 bits per heavy atom. The summed E-state index contributed by atoms with van der Waals surface area (Å²) in [7, 11) is 0. The van der Waals surface area contributed by atoms with Gasteiger partial charge in [-0.05, 0) is 31.5 Å². The summed E-state index contributed by atoms with van der Waals surface area (Å²) in [4.78, 5) is 20.2. The summed E-state index contributed by atoms with van der Waals surface area (Å²) < 4.78 is 13.0. The first kappa shape index (κ1) is 14.9. The monoisotopic (exact) mass is 288 g/mol. The lowest BCUT2D eigenvalue weighted by Gasteiger charge is -2.11. The van der Waals surface area contributed by atoms with Gasteiger partial charge in [-0.1, -0.05) is 13.0 Å². The zero-order valence-corrected chi connectivity index (χ0v) is 11.9. The third-order valence-electron chi connectivity index (χ3n) is 2.98. The minimum atomic E-state index is -0.405. The molecule has 1 atom stereocenters. The van der Waals surface area contributed by atoms with Crippen molar-refractivity contribution in [1.82, 2.24) is 9.97 Å². The Morgan fingerprint density at radius 3 is 2.67 bits per heavy atom. The topological polar surface area (TPSA) is 66.9 Å². The molecule has 2 rings (SSSR count). The number of anilines is 2. The first-order valence-corrected chi connectivity index (χ1v) is 6.74.